The predicted octanol–water partition coefficient (Wildman–Crippen LogP) is 5.59. The summed E-state index contributed by atoms with van der Waals surface area (Å²) < 4.78 is 16.0. The second-order valence-corrected chi connectivity index (χ2v) is 9.16. The minimum Gasteiger partial charge on any atom is -0.383 e. The number of rotatable bonds is 5. The molecule has 3 aromatic rings. The molecule has 0 amide bonds. The van der Waals surface area contributed by atoms with Gasteiger partial charge in [0.25, 0.3) is 0 Å². The molecule has 1 aliphatic rings. The molecule has 1 aliphatic heterocycles. The first-order chi connectivity index (χ1) is 14.8. The van der Waals surface area contributed by atoms with E-state index in [4.69, 9.17) is 28.9 Å². The Morgan fingerprint density at radius 1 is 1.19 bits per heavy atom. The zero-order valence-corrected chi connectivity index (χ0v) is 19.2. The molecule has 4 rings (SSSR count). The van der Waals surface area contributed by atoms with Gasteiger partial charge >= 0.3 is 0 Å². The summed E-state index contributed by atoms with van der Waals surface area (Å²) in [6.45, 7) is 4.11. The maximum Gasteiger partial charge on any atom is 0.142 e. The molecule has 1 aromatic carbocycles. The molecule has 0 spiro atoms. The molecular weight excluding hydrogens is 436 g/mol. The molecule has 0 bridgehead atoms. The zero-order chi connectivity index (χ0) is 22.1. The molecule has 31 heavy (non-hydrogen) atoms. The Morgan fingerprint density at radius 2 is 1.94 bits per heavy atom. The standard InChI is InChI=1S/C23H26Cl2FN5/c1-14(21-19(24)3-4-20(26)22(21)25)9-15-10-16(11-28-23(15)27)17-12-29-31(13-17)18-5-7-30(2)8-6-18/h3-4,10-14,18H,5-9H2,1-2H3,(H2,27,28). The van der Waals surface area contributed by atoms with E-state index in [1.54, 1.807) is 6.20 Å². The highest BCUT2D eigenvalue weighted by atomic mass is 35.5. The lowest BCUT2D eigenvalue weighted by Crippen LogP contribution is -2.31. The van der Waals surface area contributed by atoms with Crippen molar-refractivity contribution in [3.8, 4) is 11.1 Å². The number of nitrogens with two attached hydrogens (primary N) is 1. The Labute approximate surface area is 192 Å². The van der Waals surface area contributed by atoms with Gasteiger partial charge in [-0.2, -0.15) is 5.10 Å². The monoisotopic (exact) mass is 461 g/mol. The second kappa shape index (κ2) is 9.15. The van der Waals surface area contributed by atoms with E-state index in [2.05, 4.69) is 32.9 Å². The van der Waals surface area contributed by atoms with E-state index in [0.29, 0.717) is 28.9 Å². The van der Waals surface area contributed by atoms with Gasteiger partial charge in [0, 0.05) is 28.5 Å². The number of anilines is 1. The molecule has 1 fully saturated rings. The summed E-state index contributed by atoms with van der Waals surface area (Å²) in [7, 11) is 2.15. The molecular formula is C23H26Cl2FN5. The van der Waals surface area contributed by atoms with E-state index in [1.807, 2.05) is 19.2 Å². The molecule has 0 aliphatic carbocycles. The number of hydrogen-bond donors (Lipinski definition) is 1. The number of benzene rings is 1. The fourth-order valence-corrected chi connectivity index (χ4v) is 4.96. The molecule has 8 heteroatoms. The van der Waals surface area contributed by atoms with E-state index in [1.165, 1.54) is 12.1 Å². The highest BCUT2D eigenvalue weighted by Crippen LogP contribution is 2.36. The van der Waals surface area contributed by atoms with Crippen LogP contribution in [0.1, 0.15) is 42.9 Å². The SMILES string of the molecule is CC(Cc1cc(-c2cnn(C3CCN(C)CC3)c2)cnc1N)c1c(Cl)ccc(F)c1Cl. The first-order valence-corrected chi connectivity index (χ1v) is 11.2. The third kappa shape index (κ3) is 4.71. The summed E-state index contributed by atoms with van der Waals surface area (Å²) >= 11 is 12.5. The zero-order valence-electron chi connectivity index (χ0n) is 17.7. The van der Waals surface area contributed by atoms with Crippen LogP contribution in [0.25, 0.3) is 11.1 Å². The lowest BCUT2D eigenvalue weighted by atomic mass is 9.92. The fourth-order valence-electron chi connectivity index (χ4n) is 4.21. The number of hydrogen-bond acceptors (Lipinski definition) is 4. The minimum atomic E-state index is -0.478. The van der Waals surface area contributed by atoms with Gasteiger partial charge in [-0.05, 0) is 74.6 Å². The summed E-state index contributed by atoms with van der Waals surface area (Å²) in [5.74, 6) is -0.159. The van der Waals surface area contributed by atoms with Crippen LogP contribution < -0.4 is 5.73 Å². The predicted molar refractivity (Wildman–Crippen MR) is 124 cm³/mol. The van der Waals surface area contributed by atoms with Crippen LogP contribution in [-0.4, -0.2) is 39.8 Å². The van der Waals surface area contributed by atoms with E-state index >= 15 is 0 Å². The van der Waals surface area contributed by atoms with Crippen molar-refractivity contribution >= 4 is 29.0 Å². The maximum absolute atomic E-state index is 14.0. The van der Waals surface area contributed by atoms with Gasteiger partial charge in [-0.25, -0.2) is 9.37 Å². The Kier molecular flexibility index (Phi) is 6.51. The smallest absolute Gasteiger partial charge is 0.142 e. The quantitative estimate of drug-likeness (QED) is 0.503. The number of likely N-dealkylation sites (tertiary alicyclic amines) is 1. The van der Waals surface area contributed by atoms with Gasteiger partial charge < -0.3 is 10.6 Å². The van der Waals surface area contributed by atoms with E-state index in [9.17, 15) is 4.39 Å². The summed E-state index contributed by atoms with van der Waals surface area (Å²) in [5, 5.41) is 5.10. The number of piperidine rings is 1. The Hall–Kier alpha value is -2.15. The van der Waals surface area contributed by atoms with Crippen LogP contribution in [-0.2, 0) is 6.42 Å². The number of nitrogens with zero attached hydrogens (tertiary/aromatic N) is 4. The van der Waals surface area contributed by atoms with Crippen molar-refractivity contribution in [1.29, 1.82) is 0 Å². The molecule has 1 unspecified atom stereocenters. The van der Waals surface area contributed by atoms with Crippen molar-refractivity contribution in [3.63, 3.8) is 0 Å². The van der Waals surface area contributed by atoms with Crippen LogP contribution in [0.4, 0.5) is 10.2 Å². The first kappa shape index (κ1) is 22.1. The van der Waals surface area contributed by atoms with Crippen molar-refractivity contribution in [2.45, 2.75) is 38.1 Å². The van der Waals surface area contributed by atoms with Gasteiger partial charge in [0.05, 0.1) is 17.3 Å². The molecule has 0 saturated carbocycles. The van der Waals surface area contributed by atoms with Crippen LogP contribution >= 0.6 is 23.2 Å². The van der Waals surface area contributed by atoms with Gasteiger partial charge in [-0.15, -0.1) is 0 Å². The highest BCUT2D eigenvalue weighted by Gasteiger charge is 2.21. The molecule has 3 heterocycles. The number of nitrogen functional groups attached to an aromatic ring is 1. The molecule has 5 nitrogen and oxygen atoms in total. The van der Waals surface area contributed by atoms with Gasteiger partial charge in [-0.3, -0.25) is 4.68 Å². The van der Waals surface area contributed by atoms with Crippen molar-refractivity contribution < 1.29 is 4.39 Å². The Morgan fingerprint density at radius 3 is 2.68 bits per heavy atom. The lowest BCUT2D eigenvalue weighted by molar-refractivity contribution is 0.212. The minimum absolute atomic E-state index is 0.0575. The van der Waals surface area contributed by atoms with Crippen molar-refractivity contribution in [3.05, 3.63) is 63.8 Å². The third-order valence-corrected chi connectivity index (χ3v) is 6.81. The van der Waals surface area contributed by atoms with Crippen molar-refractivity contribution in [2.24, 2.45) is 0 Å². The molecule has 164 valence electrons. The molecule has 0 radical (unpaired) electrons. The average Bonchev–Trinajstić information content (AvgIpc) is 3.23. The van der Waals surface area contributed by atoms with Gasteiger partial charge in [0.2, 0.25) is 0 Å². The largest absolute Gasteiger partial charge is 0.383 e. The fraction of sp³-hybridized carbons (Fsp3) is 0.391. The van der Waals surface area contributed by atoms with E-state index in [-0.39, 0.29) is 10.9 Å². The van der Waals surface area contributed by atoms with Crippen LogP contribution in [0.15, 0.2) is 36.8 Å². The number of pyridine rings is 1. The third-order valence-electron chi connectivity index (χ3n) is 6.10. The van der Waals surface area contributed by atoms with Gasteiger partial charge in [0.15, 0.2) is 0 Å². The summed E-state index contributed by atoms with van der Waals surface area (Å²) in [6, 6.07) is 5.25. The van der Waals surface area contributed by atoms with Crippen LogP contribution in [0.2, 0.25) is 10.0 Å². The Balaban J connectivity index is 1.56. The van der Waals surface area contributed by atoms with E-state index < -0.39 is 5.82 Å². The van der Waals surface area contributed by atoms with E-state index in [0.717, 1.165) is 42.6 Å². The molecule has 2 aromatic heterocycles. The summed E-state index contributed by atoms with van der Waals surface area (Å²) in [5.41, 5.74) is 9.57. The molecule has 1 atom stereocenters. The summed E-state index contributed by atoms with van der Waals surface area (Å²) in [4.78, 5) is 6.73. The molecule has 2 N–H and O–H groups in total. The highest BCUT2D eigenvalue weighted by molar-refractivity contribution is 6.36. The number of halogens is 3. The lowest BCUT2D eigenvalue weighted by Gasteiger charge is -2.28. The van der Waals surface area contributed by atoms with Crippen LogP contribution in [0, 0.1) is 5.82 Å². The normalized spacial score (nSPS) is 16.5. The second-order valence-electron chi connectivity index (χ2n) is 8.37. The maximum atomic E-state index is 14.0. The Bertz CT molecular complexity index is 1080. The van der Waals surface area contributed by atoms with Crippen molar-refractivity contribution in [2.75, 3.05) is 25.9 Å². The van der Waals surface area contributed by atoms with Crippen molar-refractivity contribution in [1.82, 2.24) is 19.7 Å². The number of aromatic nitrogens is 3. The van der Waals surface area contributed by atoms with Crippen LogP contribution in [0.5, 0.6) is 0 Å². The summed E-state index contributed by atoms with van der Waals surface area (Å²) in [6.07, 6.45) is 8.45. The molecule has 1 saturated heterocycles. The first-order valence-electron chi connectivity index (χ1n) is 10.4. The van der Waals surface area contributed by atoms with Gasteiger partial charge in [-0.1, -0.05) is 30.1 Å². The van der Waals surface area contributed by atoms with Crippen LogP contribution in [0.3, 0.4) is 0 Å². The average molecular weight is 462 g/mol. The van der Waals surface area contributed by atoms with Gasteiger partial charge in [0.1, 0.15) is 11.6 Å². The topological polar surface area (TPSA) is 60.0 Å².